The van der Waals surface area contributed by atoms with Crippen LogP contribution in [0.5, 0.6) is 5.95 Å². The lowest BCUT2D eigenvalue weighted by Crippen LogP contribution is -2.36. The van der Waals surface area contributed by atoms with Crippen LogP contribution >= 0.6 is 0 Å². The number of fused-ring (bicyclic) bond motifs is 1. The Morgan fingerprint density at radius 3 is 2.88 bits per heavy atom. The van der Waals surface area contributed by atoms with Crippen LogP contribution in [0.3, 0.4) is 0 Å². The van der Waals surface area contributed by atoms with Crippen molar-refractivity contribution in [2.45, 2.75) is 32.8 Å². The average Bonchev–Trinajstić information content (AvgIpc) is 2.74. The number of carboxylic acids is 1. The molecular weight excluding hydrogens is 222 g/mol. The second-order valence-corrected chi connectivity index (χ2v) is 4.23. The lowest BCUT2D eigenvalue weighted by molar-refractivity contribution is 0.0627. The molecule has 0 amide bonds. The third-order valence-corrected chi connectivity index (χ3v) is 3.24. The molecule has 0 aliphatic carbocycles. The number of hydrogen-bond donors (Lipinski definition) is 2. The monoisotopic (exact) mass is 239 g/mol. The number of anilines is 1. The van der Waals surface area contributed by atoms with Crippen molar-refractivity contribution in [3.8, 4) is 5.95 Å². The third-order valence-electron chi connectivity index (χ3n) is 3.24. The normalized spacial score (nSPS) is 18.4. The molecule has 0 fully saturated rings. The van der Waals surface area contributed by atoms with E-state index in [1.807, 2.05) is 0 Å². The third kappa shape index (κ3) is 2.23. The topological polar surface area (TPSA) is 71.7 Å². The number of nitrogens with one attached hydrogen (secondary N) is 1. The Morgan fingerprint density at radius 1 is 1.59 bits per heavy atom. The smallest absolute Gasteiger partial charge is 0.372 e. The van der Waals surface area contributed by atoms with Gasteiger partial charge in [-0.2, -0.15) is 0 Å². The summed E-state index contributed by atoms with van der Waals surface area (Å²) in [6.45, 7) is 4.94. The molecular formula is C12H17NO4. The Balaban J connectivity index is 2.15. The van der Waals surface area contributed by atoms with E-state index in [2.05, 4.69) is 19.2 Å². The number of ether oxygens (including phenoxy) is 1. The zero-order valence-corrected chi connectivity index (χ0v) is 10.0. The van der Waals surface area contributed by atoms with Gasteiger partial charge in [-0.05, 0) is 18.8 Å². The molecule has 1 aliphatic rings. The predicted octanol–water partition coefficient (Wildman–Crippen LogP) is 2.59. The molecule has 2 rings (SSSR count). The summed E-state index contributed by atoms with van der Waals surface area (Å²) in [6, 6.07) is 1.46. The fourth-order valence-corrected chi connectivity index (χ4v) is 2.16. The van der Waals surface area contributed by atoms with Crippen LogP contribution in [0.15, 0.2) is 10.5 Å². The first-order valence-electron chi connectivity index (χ1n) is 5.93. The minimum Gasteiger partial charge on any atom is -0.475 e. The van der Waals surface area contributed by atoms with E-state index in [4.69, 9.17) is 14.3 Å². The van der Waals surface area contributed by atoms with Gasteiger partial charge in [0.2, 0.25) is 5.76 Å². The van der Waals surface area contributed by atoms with E-state index in [1.54, 1.807) is 0 Å². The molecule has 0 spiro atoms. The van der Waals surface area contributed by atoms with Crippen LogP contribution in [0, 0.1) is 5.92 Å². The SMILES string of the molecule is CCC(CC)C1CNc2cc(C(=O)O)oc2O1. The first-order valence-corrected chi connectivity index (χ1v) is 5.93. The summed E-state index contributed by atoms with van der Waals surface area (Å²) >= 11 is 0. The first kappa shape index (κ1) is 11.8. The highest BCUT2D eigenvalue weighted by Crippen LogP contribution is 2.35. The number of rotatable bonds is 4. The number of hydrogen-bond acceptors (Lipinski definition) is 4. The number of carboxylic acid groups (broad SMARTS) is 1. The Labute approximate surface area is 99.8 Å². The quantitative estimate of drug-likeness (QED) is 0.845. The number of carbonyl (C=O) groups is 1. The highest BCUT2D eigenvalue weighted by Gasteiger charge is 2.29. The van der Waals surface area contributed by atoms with Crippen molar-refractivity contribution in [2.24, 2.45) is 5.92 Å². The average molecular weight is 239 g/mol. The van der Waals surface area contributed by atoms with Crippen LogP contribution in [0.4, 0.5) is 5.69 Å². The second kappa shape index (κ2) is 4.69. The maximum Gasteiger partial charge on any atom is 0.372 e. The lowest BCUT2D eigenvalue weighted by atomic mass is 9.96. The first-order chi connectivity index (χ1) is 8.15. The molecule has 0 aromatic carbocycles. The van der Waals surface area contributed by atoms with Gasteiger partial charge in [0.25, 0.3) is 0 Å². The van der Waals surface area contributed by atoms with E-state index >= 15 is 0 Å². The van der Waals surface area contributed by atoms with E-state index in [0.717, 1.165) is 12.8 Å². The molecule has 94 valence electrons. The zero-order chi connectivity index (χ0) is 12.4. The molecule has 1 unspecified atom stereocenters. The van der Waals surface area contributed by atoms with Gasteiger partial charge in [0, 0.05) is 6.07 Å². The van der Waals surface area contributed by atoms with Gasteiger partial charge >= 0.3 is 11.9 Å². The van der Waals surface area contributed by atoms with Crippen molar-refractivity contribution in [2.75, 3.05) is 11.9 Å². The van der Waals surface area contributed by atoms with Gasteiger partial charge in [0.05, 0.1) is 6.54 Å². The summed E-state index contributed by atoms with van der Waals surface area (Å²) in [5.74, 6) is -0.420. The van der Waals surface area contributed by atoms with E-state index in [1.165, 1.54) is 6.07 Å². The maximum atomic E-state index is 10.8. The van der Waals surface area contributed by atoms with Gasteiger partial charge in [0.15, 0.2) is 0 Å². The van der Waals surface area contributed by atoms with E-state index in [0.29, 0.717) is 24.1 Å². The molecule has 0 saturated heterocycles. The van der Waals surface area contributed by atoms with Crippen molar-refractivity contribution in [3.63, 3.8) is 0 Å². The van der Waals surface area contributed by atoms with E-state index in [9.17, 15) is 4.79 Å². The largest absolute Gasteiger partial charge is 0.475 e. The molecule has 2 N–H and O–H groups in total. The summed E-state index contributed by atoms with van der Waals surface area (Å²) in [5.41, 5.74) is 0.629. The fourth-order valence-electron chi connectivity index (χ4n) is 2.16. The van der Waals surface area contributed by atoms with Gasteiger partial charge in [-0.25, -0.2) is 4.79 Å². The summed E-state index contributed by atoms with van der Waals surface area (Å²) in [6.07, 6.45) is 2.11. The molecule has 2 heterocycles. The van der Waals surface area contributed by atoms with Gasteiger partial charge in [0.1, 0.15) is 11.8 Å². The summed E-state index contributed by atoms with van der Waals surface area (Å²) in [4.78, 5) is 10.8. The summed E-state index contributed by atoms with van der Waals surface area (Å²) in [7, 11) is 0. The molecule has 17 heavy (non-hydrogen) atoms. The van der Waals surface area contributed by atoms with E-state index in [-0.39, 0.29) is 11.9 Å². The van der Waals surface area contributed by atoms with Gasteiger partial charge in [-0.3, -0.25) is 0 Å². The van der Waals surface area contributed by atoms with Gasteiger partial charge in [-0.15, -0.1) is 0 Å². The highest BCUT2D eigenvalue weighted by atomic mass is 16.6. The maximum absolute atomic E-state index is 10.8. The summed E-state index contributed by atoms with van der Waals surface area (Å²) < 4.78 is 10.9. The standard InChI is InChI=1S/C12H17NO4/c1-3-7(4-2)10-6-13-8-5-9(11(14)15)16-12(8)17-10/h5,7,10,13H,3-4,6H2,1-2H3,(H,14,15). The molecule has 0 radical (unpaired) electrons. The van der Waals surface area contributed by atoms with Crippen LogP contribution in [0.1, 0.15) is 37.2 Å². The Hall–Kier alpha value is -1.65. The van der Waals surface area contributed by atoms with Crippen molar-refractivity contribution < 1.29 is 19.1 Å². The van der Waals surface area contributed by atoms with Crippen LogP contribution in [0.2, 0.25) is 0 Å². The zero-order valence-electron chi connectivity index (χ0n) is 10.0. The highest BCUT2D eigenvalue weighted by molar-refractivity contribution is 5.86. The molecule has 1 atom stereocenters. The van der Waals surface area contributed by atoms with E-state index < -0.39 is 5.97 Å². The Bertz CT molecular complexity index is 409. The van der Waals surface area contributed by atoms with Crippen LogP contribution in [-0.4, -0.2) is 23.7 Å². The Kier molecular flexibility index (Phi) is 3.26. The summed E-state index contributed by atoms with van der Waals surface area (Å²) in [5, 5.41) is 12.0. The van der Waals surface area contributed by atoms with Crippen LogP contribution in [0.25, 0.3) is 0 Å². The Morgan fingerprint density at radius 2 is 2.29 bits per heavy atom. The number of aromatic carboxylic acids is 1. The van der Waals surface area contributed by atoms with Gasteiger partial charge < -0.3 is 19.6 Å². The molecule has 5 heteroatoms. The molecule has 1 aromatic heterocycles. The van der Waals surface area contributed by atoms with Crippen molar-refractivity contribution in [1.29, 1.82) is 0 Å². The number of furan rings is 1. The minimum atomic E-state index is -1.08. The molecule has 1 aliphatic heterocycles. The molecule has 0 bridgehead atoms. The van der Waals surface area contributed by atoms with Gasteiger partial charge in [-0.1, -0.05) is 13.8 Å². The van der Waals surface area contributed by atoms with Crippen LogP contribution in [-0.2, 0) is 0 Å². The predicted molar refractivity (Wildman–Crippen MR) is 62.6 cm³/mol. The molecule has 0 saturated carbocycles. The van der Waals surface area contributed by atoms with Crippen molar-refractivity contribution in [1.82, 2.24) is 0 Å². The van der Waals surface area contributed by atoms with Crippen LogP contribution < -0.4 is 10.1 Å². The molecule has 5 nitrogen and oxygen atoms in total. The lowest BCUT2D eigenvalue weighted by Gasteiger charge is -2.29. The second-order valence-electron chi connectivity index (χ2n) is 4.23. The minimum absolute atomic E-state index is 0.0466. The van der Waals surface area contributed by atoms with Crippen molar-refractivity contribution in [3.05, 3.63) is 11.8 Å². The van der Waals surface area contributed by atoms with Crippen molar-refractivity contribution >= 4 is 11.7 Å². The molecule has 1 aromatic rings. The fraction of sp³-hybridized carbons (Fsp3) is 0.583.